The molecule has 1 unspecified atom stereocenters. The number of halogens is 1. The minimum Gasteiger partial charge on any atom is -0.493 e. The van der Waals surface area contributed by atoms with Crippen LogP contribution >= 0.6 is 11.6 Å². The maximum absolute atomic E-state index is 12.5. The molecule has 1 N–H and O–H groups in total. The Morgan fingerprint density at radius 3 is 2.71 bits per heavy atom. The average molecular weight is 445 g/mol. The van der Waals surface area contributed by atoms with Crippen LogP contribution in [-0.4, -0.2) is 57.4 Å². The fourth-order valence-electron chi connectivity index (χ4n) is 3.57. The van der Waals surface area contributed by atoms with Crippen LogP contribution in [0.3, 0.4) is 0 Å². The van der Waals surface area contributed by atoms with Crippen LogP contribution in [0.15, 0.2) is 48.5 Å². The van der Waals surface area contributed by atoms with Gasteiger partial charge in [-0.3, -0.25) is 9.69 Å². The van der Waals surface area contributed by atoms with Gasteiger partial charge in [-0.2, -0.15) is 0 Å². The van der Waals surface area contributed by atoms with E-state index in [0.717, 1.165) is 24.2 Å². The van der Waals surface area contributed by atoms with E-state index < -0.39 is 0 Å². The number of hydrogen-bond acceptors (Lipinski definition) is 5. The van der Waals surface area contributed by atoms with Gasteiger partial charge in [0.15, 0.2) is 18.1 Å². The van der Waals surface area contributed by atoms with Gasteiger partial charge in [-0.15, -0.1) is 0 Å². The van der Waals surface area contributed by atoms with Crippen LogP contribution in [0.2, 0.25) is 5.02 Å². The molecule has 1 aliphatic heterocycles. The molecule has 1 saturated heterocycles. The highest BCUT2D eigenvalue weighted by Gasteiger charge is 2.25. The van der Waals surface area contributed by atoms with Crippen molar-refractivity contribution in [3.8, 4) is 11.5 Å². The molecule has 1 heterocycles. The summed E-state index contributed by atoms with van der Waals surface area (Å²) in [4.78, 5) is 14.8. The number of amides is 1. The van der Waals surface area contributed by atoms with Crippen molar-refractivity contribution in [3.63, 3.8) is 0 Å². The summed E-state index contributed by atoms with van der Waals surface area (Å²) in [6.07, 6.45) is 3.92. The van der Waals surface area contributed by atoms with E-state index in [9.17, 15) is 4.79 Å². The van der Waals surface area contributed by atoms with Gasteiger partial charge in [0.1, 0.15) is 0 Å². The molecular weight excluding hydrogens is 416 g/mol. The van der Waals surface area contributed by atoms with Crippen molar-refractivity contribution in [2.75, 3.05) is 46.6 Å². The third-order valence-electron chi connectivity index (χ3n) is 5.15. The molecule has 2 aromatic rings. The summed E-state index contributed by atoms with van der Waals surface area (Å²) in [5.41, 5.74) is 2.00. The summed E-state index contributed by atoms with van der Waals surface area (Å²) in [5, 5.41) is 3.68. The molecule has 1 aliphatic rings. The second-order valence-corrected chi connectivity index (χ2v) is 7.60. The summed E-state index contributed by atoms with van der Waals surface area (Å²) in [7, 11) is 1.58. The van der Waals surface area contributed by atoms with Crippen LogP contribution in [0, 0.1) is 0 Å². The van der Waals surface area contributed by atoms with Crippen molar-refractivity contribution in [2.45, 2.75) is 13.0 Å². The van der Waals surface area contributed by atoms with Crippen LogP contribution in [0.4, 0.5) is 0 Å². The summed E-state index contributed by atoms with van der Waals surface area (Å²) in [6, 6.07) is 13.3. The molecule has 0 aromatic heterocycles. The standard InChI is InChI=1S/C24H29ClN2O4/c1-3-6-18-9-10-22(23(15-18)29-2)31-17-24(28)26-16-21(27-11-13-30-14-12-27)19-7-4-5-8-20(19)25/h3-10,15,21H,11-14,16-17H2,1-2H3,(H,26,28)/b6-3+. The number of nitrogens with one attached hydrogen (secondary N) is 1. The van der Waals surface area contributed by atoms with Gasteiger partial charge in [0.2, 0.25) is 0 Å². The fourth-order valence-corrected chi connectivity index (χ4v) is 3.84. The number of methoxy groups -OCH3 is 1. The quantitative estimate of drug-likeness (QED) is 0.634. The number of carbonyl (C=O) groups is 1. The maximum atomic E-state index is 12.5. The molecule has 166 valence electrons. The first kappa shape index (κ1) is 23.1. The molecule has 31 heavy (non-hydrogen) atoms. The van der Waals surface area contributed by atoms with E-state index in [1.807, 2.05) is 61.5 Å². The number of carbonyl (C=O) groups excluding carboxylic acids is 1. The number of morpholine rings is 1. The topological polar surface area (TPSA) is 60.0 Å². The van der Waals surface area contributed by atoms with E-state index in [0.29, 0.717) is 36.3 Å². The Labute approximate surface area is 188 Å². The molecule has 1 amide bonds. The van der Waals surface area contributed by atoms with E-state index in [1.165, 1.54) is 0 Å². The zero-order valence-electron chi connectivity index (χ0n) is 18.0. The summed E-state index contributed by atoms with van der Waals surface area (Å²) in [6.45, 7) is 5.20. The van der Waals surface area contributed by atoms with Crippen molar-refractivity contribution < 1.29 is 19.0 Å². The third kappa shape index (κ3) is 6.47. The van der Waals surface area contributed by atoms with Gasteiger partial charge in [0, 0.05) is 24.7 Å². The lowest BCUT2D eigenvalue weighted by atomic mass is 10.0. The lowest BCUT2D eigenvalue weighted by Crippen LogP contribution is -2.44. The second-order valence-electron chi connectivity index (χ2n) is 7.19. The summed E-state index contributed by atoms with van der Waals surface area (Å²) < 4.78 is 16.6. The molecule has 2 aromatic carbocycles. The molecule has 1 atom stereocenters. The first-order valence-corrected chi connectivity index (χ1v) is 10.8. The van der Waals surface area contributed by atoms with Crippen LogP contribution in [0.5, 0.6) is 11.5 Å². The molecule has 0 bridgehead atoms. The van der Waals surface area contributed by atoms with E-state index in [1.54, 1.807) is 7.11 Å². The van der Waals surface area contributed by atoms with E-state index in [-0.39, 0.29) is 18.6 Å². The highest BCUT2D eigenvalue weighted by molar-refractivity contribution is 6.31. The van der Waals surface area contributed by atoms with Crippen molar-refractivity contribution in [1.29, 1.82) is 0 Å². The summed E-state index contributed by atoms with van der Waals surface area (Å²) in [5.74, 6) is 0.914. The molecule has 3 rings (SSSR count). The van der Waals surface area contributed by atoms with Crippen molar-refractivity contribution in [2.24, 2.45) is 0 Å². The first-order chi connectivity index (χ1) is 15.1. The Morgan fingerprint density at radius 1 is 1.23 bits per heavy atom. The predicted octanol–water partition coefficient (Wildman–Crippen LogP) is 3.95. The predicted molar refractivity (Wildman–Crippen MR) is 123 cm³/mol. The number of allylic oxidation sites excluding steroid dienone is 1. The minimum atomic E-state index is -0.204. The smallest absolute Gasteiger partial charge is 0.258 e. The van der Waals surface area contributed by atoms with Crippen molar-refractivity contribution in [1.82, 2.24) is 10.2 Å². The highest BCUT2D eigenvalue weighted by atomic mass is 35.5. The highest BCUT2D eigenvalue weighted by Crippen LogP contribution is 2.29. The van der Waals surface area contributed by atoms with Gasteiger partial charge in [-0.1, -0.05) is 48.0 Å². The number of nitrogens with zero attached hydrogens (tertiary/aromatic N) is 1. The van der Waals surface area contributed by atoms with Crippen LogP contribution < -0.4 is 14.8 Å². The second kappa shape index (κ2) is 11.7. The van der Waals surface area contributed by atoms with Gasteiger partial charge in [0.05, 0.1) is 26.4 Å². The average Bonchev–Trinajstić information content (AvgIpc) is 2.80. The van der Waals surface area contributed by atoms with E-state index in [4.69, 9.17) is 25.8 Å². The first-order valence-electron chi connectivity index (χ1n) is 10.4. The van der Waals surface area contributed by atoms with Crippen LogP contribution in [0.1, 0.15) is 24.1 Å². The Hall–Kier alpha value is -2.54. The molecule has 6 nitrogen and oxygen atoms in total. The van der Waals surface area contributed by atoms with Crippen LogP contribution in [0.25, 0.3) is 6.08 Å². The van der Waals surface area contributed by atoms with Crippen LogP contribution in [-0.2, 0) is 9.53 Å². The van der Waals surface area contributed by atoms with Gasteiger partial charge >= 0.3 is 0 Å². The Kier molecular flexibility index (Phi) is 8.76. The largest absolute Gasteiger partial charge is 0.493 e. The molecule has 0 aliphatic carbocycles. The van der Waals surface area contributed by atoms with Crippen molar-refractivity contribution >= 4 is 23.6 Å². The molecule has 0 radical (unpaired) electrons. The van der Waals surface area contributed by atoms with Gasteiger partial charge in [-0.25, -0.2) is 0 Å². The third-order valence-corrected chi connectivity index (χ3v) is 5.49. The fraction of sp³-hybridized carbons (Fsp3) is 0.375. The van der Waals surface area contributed by atoms with Gasteiger partial charge in [-0.05, 0) is 36.2 Å². The number of ether oxygens (including phenoxy) is 3. The Morgan fingerprint density at radius 2 is 2.00 bits per heavy atom. The maximum Gasteiger partial charge on any atom is 0.258 e. The molecule has 0 saturated carbocycles. The van der Waals surface area contributed by atoms with Gasteiger partial charge < -0.3 is 19.5 Å². The zero-order chi connectivity index (χ0) is 22.1. The van der Waals surface area contributed by atoms with E-state index in [2.05, 4.69) is 10.2 Å². The number of hydrogen-bond donors (Lipinski definition) is 1. The van der Waals surface area contributed by atoms with Gasteiger partial charge in [0.25, 0.3) is 5.91 Å². The zero-order valence-corrected chi connectivity index (χ0v) is 18.7. The Balaban J connectivity index is 1.61. The van der Waals surface area contributed by atoms with E-state index >= 15 is 0 Å². The molecule has 7 heteroatoms. The number of rotatable bonds is 9. The molecule has 1 fully saturated rings. The molecule has 0 spiro atoms. The molecular formula is C24H29ClN2O4. The number of benzene rings is 2. The minimum absolute atomic E-state index is 0.0313. The SMILES string of the molecule is C/C=C/c1ccc(OCC(=O)NCC(c2ccccc2Cl)N2CCOCC2)c(OC)c1. The lowest BCUT2D eigenvalue weighted by Gasteiger charge is -2.35. The normalized spacial score (nSPS) is 15.6. The summed E-state index contributed by atoms with van der Waals surface area (Å²) >= 11 is 6.45. The lowest BCUT2D eigenvalue weighted by molar-refractivity contribution is -0.123. The van der Waals surface area contributed by atoms with Crippen molar-refractivity contribution in [3.05, 3.63) is 64.7 Å². The Bertz CT molecular complexity index is 897. The monoisotopic (exact) mass is 444 g/mol.